The molecular weight excluding hydrogens is 269 g/mol. The average Bonchev–Trinajstić information content (AvgIpc) is 1.91. The van der Waals surface area contributed by atoms with Crippen LogP contribution in [0.2, 0.25) is 0 Å². The summed E-state index contributed by atoms with van der Waals surface area (Å²) < 4.78 is 0.831. The van der Waals surface area contributed by atoms with Crippen LogP contribution < -0.4 is 0 Å². The Morgan fingerprint density at radius 3 is 2.15 bits per heavy atom. The summed E-state index contributed by atoms with van der Waals surface area (Å²) in [5.41, 5.74) is 1.00. The number of para-hydroxylation sites is 1. The molecule has 0 saturated heterocycles. The van der Waals surface area contributed by atoms with Gasteiger partial charge in [-0.15, -0.1) is 0 Å². The molecule has 1 N–H and O–H groups in total. The average molecular weight is 289 g/mol. The molecule has 3 heteroatoms. The van der Waals surface area contributed by atoms with Crippen molar-refractivity contribution < 1.29 is 9.59 Å². The zero-order valence-corrected chi connectivity index (χ0v) is 7.91. The van der Waals surface area contributed by atoms with Crippen molar-refractivity contribution in [3.05, 3.63) is 29.8 Å². The van der Waals surface area contributed by atoms with E-state index in [-0.39, 0.29) is 23.9 Å². The quantitative estimate of drug-likeness (QED) is 0.607. The number of benzene rings is 1. The monoisotopic (exact) mass is 290 g/mol. The van der Waals surface area contributed by atoms with E-state index in [9.17, 15) is 5.11 Å². The summed E-state index contributed by atoms with van der Waals surface area (Å²) in [4.78, 5) is 0. The van der Waals surface area contributed by atoms with Crippen molar-refractivity contribution in [3.63, 3.8) is 0 Å². The molecule has 0 heterocycles. The molecule has 0 aliphatic carbocycles. The molecule has 0 atom stereocenters. The molecule has 0 spiro atoms. The minimum absolute atomic E-state index is 0. The van der Waals surface area contributed by atoms with Gasteiger partial charge in [0.15, 0.2) is 0 Å². The van der Waals surface area contributed by atoms with Crippen LogP contribution in [-0.2, 0) is 6.54 Å². The van der Waals surface area contributed by atoms with E-state index < -0.39 is 0 Å². The molecule has 0 amide bonds. The Morgan fingerprint density at radius 1 is 1.15 bits per heavy atom. The molecule has 1 aromatic rings. The van der Waals surface area contributed by atoms with E-state index in [4.69, 9.17) is 0 Å². The van der Waals surface area contributed by atoms with Crippen molar-refractivity contribution in [1.29, 1.82) is 0 Å². The number of phenolic OH excluding ortho intramolecular Hbond substituents is 1. The van der Waals surface area contributed by atoms with Gasteiger partial charge < -0.3 is 9.59 Å². The van der Waals surface area contributed by atoms with Crippen molar-refractivity contribution >= 4 is 23.9 Å². The van der Waals surface area contributed by atoms with Gasteiger partial charge in [-0.2, -0.15) is 0 Å². The summed E-state index contributed by atoms with van der Waals surface area (Å²) in [6.45, 7) is 0.854. The van der Waals surface area contributed by atoms with Crippen molar-refractivity contribution in [1.82, 2.24) is 0 Å². The van der Waals surface area contributed by atoms with Gasteiger partial charge in [0.1, 0.15) is 12.3 Å². The van der Waals surface area contributed by atoms with Crippen molar-refractivity contribution in [2.75, 3.05) is 21.1 Å². The Labute approximate surface area is 96.7 Å². The first-order valence-electron chi connectivity index (χ1n) is 4.06. The van der Waals surface area contributed by atoms with Crippen LogP contribution >= 0.6 is 0 Å². The Hall–Kier alpha value is -0.221. The van der Waals surface area contributed by atoms with Crippen LogP contribution in [0.25, 0.3) is 0 Å². The van der Waals surface area contributed by atoms with Gasteiger partial charge in [0.25, 0.3) is 0 Å². The predicted molar refractivity (Wildman–Crippen MR) is 61.2 cm³/mol. The van der Waals surface area contributed by atoms with Gasteiger partial charge in [-0.05, 0) is 12.1 Å². The third kappa shape index (κ3) is 4.52. The summed E-state index contributed by atoms with van der Waals surface area (Å²) >= 11 is 0. The summed E-state index contributed by atoms with van der Waals surface area (Å²) in [5.74, 6) is 0.394. The topological polar surface area (TPSA) is 20.2 Å². The van der Waals surface area contributed by atoms with E-state index in [0.717, 1.165) is 16.6 Å². The second kappa shape index (κ2) is 4.86. The van der Waals surface area contributed by atoms with Crippen LogP contribution in [0.3, 0.4) is 0 Å². The summed E-state index contributed by atoms with van der Waals surface area (Å²) in [5, 5.41) is 9.46. The van der Waals surface area contributed by atoms with Gasteiger partial charge in [0, 0.05) is 5.56 Å². The summed E-state index contributed by atoms with van der Waals surface area (Å²) in [6, 6.07) is 7.48. The fourth-order valence-corrected chi connectivity index (χ4v) is 1.16. The molecule has 0 unspecified atom stereocenters. The summed E-state index contributed by atoms with van der Waals surface area (Å²) in [7, 11) is 6.31. The second-order valence-corrected chi connectivity index (χ2v) is 4.08. The number of hydrogen-bond acceptors (Lipinski definition) is 1. The molecule has 0 bridgehead atoms. The molecule has 74 valence electrons. The fraction of sp³-hybridized carbons (Fsp3) is 0.400. The van der Waals surface area contributed by atoms with Gasteiger partial charge in [-0.25, -0.2) is 0 Å². The van der Waals surface area contributed by atoms with Gasteiger partial charge in [0.2, 0.25) is 0 Å². The number of phenols is 1. The van der Waals surface area contributed by atoms with Crippen LogP contribution in [-0.4, -0.2) is 54.6 Å². The first-order chi connectivity index (χ1) is 5.49. The van der Waals surface area contributed by atoms with Gasteiger partial charge in [0.05, 0.1) is 21.1 Å². The maximum absolute atomic E-state index is 9.46. The van der Waals surface area contributed by atoms with Crippen LogP contribution in [0.4, 0.5) is 0 Å². The van der Waals surface area contributed by atoms with Crippen molar-refractivity contribution in [2.45, 2.75) is 6.54 Å². The third-order valence-electron chi connectivity index (χ3n) is 1.64. The number of rotatable bonds is 2. The number of aromatic hydroxyl groups is 1. The Kier molecular flexibility index (Phi) is 4.78. The minimum atomic E-state index is 0. The zero-order valence-electron chi connectivity index (χ0n) is 7.91. The molecule has 0 fully saturated rings. The van der Waals surface area contributed by atoms with E-state index in [1.807, 2.05) is 18.2 Å². The first kappa shape index (κ1) is 12.8. The molecule has 2 nitrogen and oxygen atoms in total. The zero-order chi connectivity index (χ0) is 9.19. The molecule has 0 radical (unpaired) electrons. The maximum atomic E-state index is 9.46. The van der Waals surface area contributed by atoms with Crippen LogP contribution in [0.15, 0.2) is 24.3 Å². The number of hydrogen-bond donors (Lipinski definition) is 1. The Balaban J connectivity index is 0.00000144. The predicted octanol–water partition coefficient (Wildman–Crippen LogP) is 0.147. The Bertz CT molecular complexity index is 268. The fourth-order valence-electron chi connectivity index (χ4n) is 1.16. The van der Waals surface area contributed by atoms with Crippen molar-refractivity contribution in [3.8, 4) is 5.75 Å². The molecule has 1 aromatic carbocycles. The number of quaternary nitrogens is 1. The normalized spacial score (nSPS) is 10.7. The van der Waals surface area contributed by atoms with E-state index in [0.29, 0.717) is 5.75 Å². The van der Waals surface area contributed by atoms with Gasteiger partial charge >= 0.3 is 23.9 Å². The number of nitrogens with zero attached hydrogens (tertiary/aromatic N) is 1. The third-order valence-corrected chi connectivity index (χ3v) is 1.64. The molecule has 0 saturated carbocycles. The van der Waals surface area contributed by atoms with Gasteiger partial charge in [-0.1, -0.05) is 12.1 Å². The molecule has 13 heavy (non-hydrogen) atoms. The van der Waals surface area contributed by atoms with Crippen LogP contribution in [0.1, 0.15) is 5.56 Å². The Morgan fingerprint density at radius 2 is 1.69 bits per heavy atom. The standard InChI is InChI=1S/C10H15NO.Sn.4H/c1-11(2,3)8-9-6-4-5-7-10(9)12;;;;;/h4-7H,8H2,1-3H3;;;;;/p+1. The van der Waals surface area contributed by atoms with E-state index in [1.165, 1.54) is 0 Å². The molecule has 0 aromatic heterocycles. The van der Waals surface area contributed by atoms with E-state index >= 15 is 0 Å². The van der Waals surface area contributed by atoms with E-state index in [2.05, 4.69) is 21.1 Å². The molecule has 1 rings (SSSR count). The van der Waals surface area contributed by atoms with Crippen LogP contribution in [0, 0.1) is 0 Å². The van der Waals surface area contributed by atoms with Gasteiger partial charge in [-0.3, -0.25) is 0 Å². The molecular formula is C10H20NOSn+. The van der Waals surface area contributed by atoms with Crippen LogP contribution in [0.5, 0.6) is 5.75 Å². The molecule has 0 aliphatic heterocycles. The second-order valence-electron chi connectivity index (χ2n) is 4.08. The van der Waals surface area contributed by atoms with Crippen molar-refractivity contribution in [2.24, 2.45) is 0 Å². The molecule has 0 aliphatic rings. The first-order valence-corrected chi connectivity index (χ1v) is 4.06. The SMILES string of the molecule is C[N+](C)(C)Cc1ccccc1O.[SnH4]. The van der Waals surface area contributed by atoms with E-state index in [1.54, 1.807) is 6.07 Å². The summed E-state index contributed by atoms with van der Waals surface area (Å²) in [6.07, 6.45) is 0.